The highest BCUT2D eigenvalue weighted by Gasteiger charge is 2.34. The Kier molecular flexibility index (Phi) is 5.61. The lowest BCUT2D eigenvalue weighted by Gasteiger charge is -2.29. The molecule has 0 aromatic rings. The minimum atomic E-state index is -4.20. The van der Waals surface area contributed by atoms with Gasteiger partial charge >= 0.3 is 6.18 Å². The van der Waals surface area contributed by atoms with Crippen LogP contribution in [0.3, 0.4) is 0 Å². The summed E-state index contributed by atoms with van der Waals surface area (Å²) in [6.07, 6.45) is -3.29. The van der Waals surface area contributed by atoms with Gasteiger partial charge in [0.25, 0.3) is 0 Å². The van der Waals surface area contributed by atoms with Gasteiger partial charge in [0.05, 0.1) is 11.6 Å². The molecule has 1 fully saturated rings. The average Bonchev–Trinajstić information content (AvgIpc) is 2.77. The van der Waals surface area contributed by atoms with E-state index in [9.17, 15) is 18.0 Å². The molecule has 1 amide bonds. The summed E-state index contributed by atoms with van der Waals surface area (Å²) in [4.78, 5) is 11.4. The number of nitrogens with two attached hydrogens (primary N) is 1. The molecular formula is C12H21F3N2O2. The molecule has 3 N–H and O–H groups in total. The lowest BCUT2D eigenvalue weighted by Crippen LogP contribution is -2.55. The fourth-order valence-corrected chi connectivity index (χ4v) is 2.09. The summed E-state index contributed by atoms with van der Waals surface area (Å²) < 4.78 is 41.7. The van der Waals surface area contributed by atoms with Gasteiger partial charge in [-0.2, -0.15) is 13.2 Å². The van der Waals surface area contributed by atoms with Crippen LogP contribution in [0.1, 0.15) is 39.0 Å². The second-order valence-electron chi connectivity index (χ2n) is 5.18. The number of alkyl halides is 3. The Hall–Kier alpha value is -0.820. The molecule has 0 saturated carbocycles. The molecule has 7 heteroatoms. The highest BCUT2D eigenvalue weighted by molar-refractivity contribution is 5.84. The monoisotopic (exact) mass is 282 g/mol. The third-order valence-corrected chi connectivity index (χ3v) is 3.42. The van der Waals surface area contributed by atoms with Gasteiger partial charge in [-0.15, -0.1) is 0 Å². The van der Waals surface area contributed by atoms with Gasteiger partial charge < -0.3 is 15.8 Å². The lowest BCUT2D eigenvalue weighted by molar-refractivity contribution is -0.138. The molecule has 0 aromatic carbocycles. The molecule has 0 spiro atoms. The Balaban J connectivity index is 2.41. The first-order valence-corrected chi connectivity index (χ1v) is 6.46. The molecule has 1 aliphatic rings. The van der Waals surface area contributed by atoms with Gasteiger partial charge in [0, 0.05) is 19.6 Å². The Bertz CT molecular complexity index is 304. The lowest BCUT2D eigenvalue weighted by atomic mass is 9.93. The first kappa shape index (κ1) is 16.2. The Labute approximate surface area is 110 Å². The van der Waals surface area contributed by atoms with Crippen LogP contribution in [0.25, 0.3) is 0 Å². The zero-order chi connectivity index (χ0) is 14.5. The largest absolute Gasteiger partial charge is 0.389 e. The van der Waals surface area contributed by atoms with Gasteiger partial charge in [-0.3, -0.25) is 4.79 Å². The van der Waals surface area contributed by atoms with Crippen molar-refractivity contribution in [2.45, 2.75) is 56.8 Å². The van der Waals surface area contributed by atoms with E-state index in [0.717, 1.165) is 12.8 Å². The Morgan fingerprint density at radius 2 is 2.11 bits per heavy atom. The predicted molar refractivity (Wildman–Crippen MR) is 64.5 cm³/mol. The third-order valence-electron chi connectivity index (χ3n) is 3.42. The molecule has 1 rings (SSSR count). The van der Waals surface area contributed by atoms with Gasteiger partial charge in [0.15, 0.2) is 0 Å². The van der Waals surface area contributed by atoms with Crippen LogP contribution in [0.4, 0.5) is 13.2 Å². The van der Waals surface area contributed by atoms with Gasteiger partial charge in [0.2, 0.25) is 5.91 Å². The molecule has 2 unspecified atom stereocenters. The SMILES string of the molecule is CC(CCCC(F)(F)F)(NCC1CCCO1)C(N)=O. The number of amides is 1. The van der Waals surface area contributed by atoms with Gasteiger partial charge in [-0.25, -0.2) is 0 Å². The van der Waals surface area contributed by atoms with Gasteiger partial charge in [0.1, 0.15) is 0 Å². The fraction of sp³-hybridized carbons (Fsp3) is 0.917. The molecule has 4 nitrogen and oxygen atoms in total. The summed E-state index contributed by atoms with van der Waals surface area (Å²) in [5.41, 5.74) is 4.17. The Morgan fingerprint density at radius 1 is 1.42 bits per heavy atom. The highest BCUT2D eigenvalue weighted by atomic mass is 19.4. The van der Waals surface area contributed by atoms with Crippen molar-refractivity contribution in [3.63, 3.8) is 0 Å². The molecule has 1 heterocycles. The summed E-state index contributed by atoms with van der Waals surface area (Å²) in [5.74, 6) is -0.632. The van der Waals surface area contributed by atoms with E-state index >= 15 is 0 Å². The molecule has 1 aliphatic heterocycles. The molecule has 2 atom stereocenters. The van der Waals surface area contributed by atoms with E-state index in [1.54, 1.807) is 6.92 Å². The zero-order valence-corrected chi connectivity index (χ0v) is 11.1. The van der Waals surface area contributed by atoms with E-state index in [-0.39, 0.29) is 18.9 Å². The van der Waals surface area contributed by atoms with Crippen LogP contribution in [0.5, 0.6) is 0 Å². The maximum Gasteiger partial charge on any atom is 0.389 e. The maximum atomic E-state index is 12.1. The normalized spacial score (nSPS) is 23.3. The van der Waals surface area contributed by atoms with E-state index < -0.39 is 24.0 Å². The molecule has 0 aromatic heterocycles. The van der Waals surface area contributed by atoms with Crippen molar-refractivity contribution in [3.8, 4) is 0 Å². The van der Waals surface area contributed by atoms with Crippen molar-refractivity contribution in [2.24, 2.45) is 5.73 Å². The standard InChI is InChI=1S/C12H21F3N2O2/c1-11(10(16)18,5-3-6-12(13,14)15)17-8-9-4-2-7-19-9/h9,17H,2-8H2,1H3,(H2,16,18). The first-order chi connectivity index (χ1) is 8.73. The average molecular weight is 282 g/mol. The predicted octanol–water partition coefficient (Wildman–Crippen LogP) is 1.73. The molecule has 0 radical (unpaired) electrons. The second-order valence-corrected chi connectivity index (χ2v) is 5.18. The number of hydrogen-bond donors (Lipinski definition) is 2. The van der Waals surface area contributed by atoms with Crippen LogP contribution >= 0.6 is 0 Å². The number of carbonyl (C=O) groups excluding carboxylic acids is 1. The maximum absolute atomic E-state index is 12.1. The summed E-state index contributed by atoms with van der Waals surface area (Å²) in [5, 5.41) is 2.96. The van der Waals surface area contributed by atoms with Crippen LogP contribution in [0.2, 0.25) is 0 Å². The summed E-state index contributed by atoms with van der Waals surface area (Å²) in [7, 11) is 0. The smallest absolute Gasteiger partial charge is 0.377 e. The number of halogens is 3. The Morgan fingerprint density at radius 3 is 2.58 bits per heavy atom. The van der Waals surface area contributed by atoms with Crippen LogP contribution in [0.15, 0.2) is 0 Å². The molecule has 19 heavy (non-hydrogen) atoms. The van der Waals surface area contributed by atoms with Gasteiger partial charge in [-0.1, -0.05) is 0 Å². The van der Waals surface area contributed by atoms with E-state index in [1.807, 2.05) is 0 Å². The summed E-state index contributed by atoms with van der Waals surface area (Å²) in [6.45, 7) is 2.67. The summed E-state index contributed by atoms with van der Waals surface area (Å²) >= 11 is 0. The van der Waals surface area contributed by atoms with Crippen LogP contribution in [0, 0.1) is 0 Å². The molecule has 0 aliphatic carbocycles. The fourth-order valence-electron chi connectivity index (χ4n) is 2.09. The third kappa shape index (κ3) is 5.78. The van der Waals surface area contributed by atoms with Crippen LogP contribution in [-0.2, 0) is 9.53 Å². The number of ether oxygens (including phenoxy) is 1. The first-order valence-electron chi connectivity index (χ1n) is 6.46. The van der Waals surface area contributed by atoms with Crippen molar-refractivity contribution in [1.82, 2.24) is 5.32 Å². The van der Waals surface area contributed by atoms with Gasteiger partial charge in [-0.05, 0) is 32.6 Å². The quantitative estimate of drug-likeness (QED) is 0.747. The van der Waals surface area contributed by atoms with E-state index in [1.165, 1.54) is 0 Å². The number of hydrogen-bond acceptors (Lipinski definition) is 3. The molecule has 112 valence electrons. The molecule has 1 saturated heterocycles. The molecular weight excluding hydrogens is 261 g/mol. The van der Waals surface area contributed by atoms with Crippen LogP contribution in [-0.4, -0.2) is 36.9 Å². The number of carbonyl (C=O) groups is 1. The van der Waals surface area contributed by atoms with E-state index in [0.29, 0.717) is 13.2 Å². The van der Waals surface area contributed by atoms with Crippen molar-refractivity contribution in [3.05, 3.63) is 0 Å². The number of rotatable bonds is 7. The van der Waals surface area contributed by atoms with Crippen molar-refractivity contribution >= 4 is 5.91 Å². The van der Waals surface area contributed by atoms with E-state index in [4.69, 9.17) is 10.5 Å². The van der Waals surface area contributed by atoms with Crippen molar-refractivity contribution in [2.75, 3.05) is 13.2 Å². The number of nitrogens with one attached hydrogen (secondary N) is 1. The highest BCUT2D eigenvalue weighted by Crippen LogP contribution is 2.25. The number of primary amides is 1. The minimum absolute atomic E-state index is 0.0151. The van der Waals surface area contributed by atoms with Crippen molar-refractivity contribution in [1.29, 1.82) is 0 Å². The zero-order valence-electron chi connectivity index (χ0n) is 11.1. The van der Waals surface area contributed by atoms with E-state index in [2.05, 4.69) is 5.32 Å². The second kappa shape index (κ2) is 6.56. The minimum Gasteiger partial charge on any atom is -0.377 e. The summed E-state index contributed by atoms with van der Waals surface area (Å²) in [6, 6.07) is 0. The van der Waals surface area contributed by atoms with Crippen molar-refractivity contribution < 1.29 is 22.7 Å². The topological polar surface area (TPSA) is 64.3 Å². The molecule has 0 bridgehead atoms. The van der Waals surface area contributed by atoms with Crippen LogP contribution < -0.4 is 11.1 Å².